The van der Waals surface area contributed by atoms with E-state index in [1.807, 2.05) is 0 Å². The van der Waals surface area contributed by atoms with Crippen molar-refractivity contribution >= 4 is 33.0 Å². The molecule has 0 aromatic carbocycles. The van der Waals surface area contributed by atoms with E-state index >= 15 is 0 Å². The van der Waals surface area contributed by atoms with Crippen molar-refractivity contribution in [2.24, 2.45) is 0 Å². The van der Waals surface area contributed by atoms with Crippen LogP contribution in [0.2, 0.25) is 0 Å². The lowest BCUT2D eigenvalue weighted by Crippen LogP contribution is -2.21. The molecule has 0 aliphatic rings. The summed E-state index contributed by atoms with van der Waals surface area (Å²) in [6.07, 6.45) is 0. The number of esters is 1. The normalized spacial score (nSPS) is 11.2. The molecule has 0 unspecified atom stereocenters. The van der Waals surface area contributed by atoms with E-state index in [9.17, 15) is 13.2 Å². The highest BCUT2D eigenvalue weighted by atomic mass is 32.2. The number of ether oxygens (including phenoxy) is 2. The maximum absolute atomic E-state index is 11.7. The lowest BCUT2D eigenvalue weighted by Gasteiger charge is -2.07. The lowest BCUT2D eigenvalue weighted by atomic mass is 10.4. The molecule has 0 spiro atoms. The van der Waals surface area contributed by atoms with Gasteiger partial charge in [-0.1, -0.05) is 0 Å². The van der Waals surface area contributed by atoms with E-state index in [0.717, 1.165) is 11.3 Å². The summed E-state index contributed by atoms with van der Waals surface area (Å²) in [6, 6.07) is 1.52. The van der Waals surface area contributed by atoms with Crippen molar-refractivity contribution in [2.45, 2.75) is 6.92 Å². The highest BCUT2D eigenvalue weighted by Crippen LogP contribution is 2.24. The molecule has 0 saturated heterocycles. The first-order chi connectivity index (χ1) is 8.50. The first-order valence-corrected chi connectivity index (χ1v) is 7.77. The number of hydrogen-bond donors (Lipinski definition) is 1. The van der Waals surface area contributed by atoms with Crippen LogP contribution in [0, 0.1) is 0 Å². The van der Waals surface area contributed by atoms with E-state index in [2.05, 4.69) is 9.46 Å². The van der Waals surface area contributed by atoms with Gasteiger partial charge >= 0.3 is 5.97 Å². The quantitative estimate of drug-likeness (QED) is 0.605. The minimum atomic E-state index is -3.52. The van der Waals surface area contributed by atoms with Crippen LogP contribution in [0.5, 0.6) is 0 Å². The summed E-state index contributed by atoms with van der Waals surface area (Å²) in [4.78, 5) is 11.6. The Kier molecular flexibility index (Phi) is 5.57. The maximum atomic E-state index is 11.7. The summed E-state index contributed by atoms with van der Waals surface area (Å²) in [5, 5.41) is 1.62. The summed E-state index contributed by atoms with van der Waals surface area (Å²) in [5.74, 6) is -0.718. The predicted octanol–water partition coefficient (Wildman–Crippen LogP) is 1.31. The number of rotatable bonds is 7. The molecule has 0 fully saturated rings. The topological polar surface area (TPSA) is 81.7 Å². The van der Waals surface area contributed by atoms with Gasteiger partial charge in [0.15, 0.2) is 0 Å². The Morgan fingerprint density at radius 1 is 1.50 bits per heavy atom. The number of sulfonamides is 1. The Labute approximate surface area is 110 Å². The van der Waals surface area contributed by atoms with Crippen molar-refractivity contribution < 1.29 is 22.7 Å². The number of carbonyl (C=O) groups excluding carboxylic acids is 1. The Morgan fingerprint density at radius 3 is 2.83 bits per heavy atom. The molecule has 1 heterocycles. The van der Waals surface area contributed by atoms with Crippen LogP contribution in [0.1, 0.15) is 16.6 Å². The third kappa shape index (κ3) is 4.28. The monoisotopic (exact) mass is 293 g/mol. The van der Waals surface area contributed by atoms with Crippen molar-refractivity contribution in [2.75, 3.05) is 30.8 Å². The Balaban J connectivity index is 2.72. The molecular weight excluding hydrogens is 278 g/mol. The number of carbonyl (C=O) groups is 1. The zero-order valence-corrected chi connectivity index (χ0v) is 11.8. The van der Waals surface area contributed by atoms with E-state index in [1.165, 1.54) is 13.2 Å². The Hall–Kier alpha value is -1.12. The lowest BCUT2D eigenvalue weighted by molar-refractivity contribution is 0.0607. The fourth-order valence-corrected chi connectivity index (χ4v) is 2.95. The molecule has 102 valence electrons. The Bertz CT molecular complexity index is 494. The van der Waals surface area contributed by atoms with Gasteiger partial charge in [0.25, 0.3) is 0 Å². The average Bonchev–Trinajstić information content (AvgIpc) is 2.75. The minimum Gasteiger partial charge on any atom is -0.465 e. The predicted molar refractivity (Wildman–Crippen MR) is 69.6 cm³/mol. The van der Waals surface area contributed by atoms with Gasteiger partial charge in [0.2, 0.25) is 10.0 Å². The number of hydrogen-bond acceptors (Lipinski definition) is 6. The first kappa shape index (κ1) is 14.9. The molecule has 0 radical (unpaired) electrons. The highest BCUT2D eigenvalue weighted by Gasteiger charge is 2.18. The van der Waals surface area contributed by atoms with Crippen molar-refractivity contribution in [1.29, 1.82) is 0 Å². The molecule has 1 aromatic rings. The summed E-state index contributed by atoms with van der Waals surface area (Å²) in [5.41, 5.74) is 0.239. The van der Waals surface area contributed by atoms with Crippen LogP contribution >= 0.6 is 11.3 Å². The van der Waals surface area contributed by atoms with E-state index in [-0.39, 0.29) is 22.9 Å². The van der Waals surface area contributed by atoms with Crippen molar-refractivity contribution in [3.05, 3.63) is 16.3 Å². The fraction of sp³-hybridized carbons (Fsp3) is 0.500. The van der Waals surface area contributed by atoms with Crippen LogP contribution < -0.4 is 4.72 Å². The van der Waals surface area contributed by atoms with Crippen molar-refractivity contribution in [3.8, 4) is 0 Å². The summed E-state index contributed by atoms with van der Waals surface area (Å²) < 4.78 is 35.3. The number of methoxy groups -OCH3 is 1. The maximum Gasteiger partial charge on any atom is 0.350 e. The van der Waals surface area contributed by atoms with Gasteiger partial charge in [-0.3, -0.25) is 4.72 Å². The van der Waals surface area contributed by atoms with Crippen LogP contribution in [0.25, 0.3) is 0 Å². The molecule has 1 aromatic heterocycles. The van der Waals surface area contributed by atoms with Gasteiger partial charge in [0.05, 0.1) is 25.2 Å². The van der Waals surface area contributed by atoms with Crippen LogP contribution in [-0.4, -0.2) is 40.5 Å². The molecule has 0 bridgehead atoms. The van der Waals surface area contributed by atoms with Crippen LogP contribution in [-0.2, 0) is 19.5 Å². The van der Waals surface area contributed by atoms with Crippen molar-refractivity contribution in [1.82, 2.24) is 0 Å². The molecule has 1 rings (SSSR count). The third-order valence-electron chi connectivity index (χ3n) is 2.00. The SMILES string of the molecule is CCOCCS(=O)(=O)Nc1ccsc1C(=O)OC. The zero-order chi connectivity index (χ0) is 13.6. The second-order valence-corrected chi connectivity index (χ2v) is 6.03. The van der Waals surface area contributed by atoms with Gasteiger partial charge in [0.1, 0.15) is 4.88 Å². The van der Waals surface area contributed by atoms with Gasteiger partial charge < -0.3 is 9.47 Å². The second-order valence-electron chi connectivity index (χ2n) is 3.27. The van der Waals surface area contributed by atoms with E-state index in [0.29, 0.717) is 6.61 Å². The number of nitrogens with one attached hydrogen (secondary N) is 1. The van der Waals surface area contributed by atoms with E-state index in [4.69, 9.17) is 4.74 Å². The molecule has 1 N–H and O–H groups in total. The Morgan fingerprint density at radius 2 is 2.22 bits per heavy atom. The molecule has 0 saturated carbocycles. The van der Waals surface area contributed by atoms with Crippen LogP contribution in [0.15, 0.2) is 11.4 Å². The number of thiophene rings is 1. The van der Waals surface area contributed by atoms with Crippen molar-refractivity contribution in [3.63, 3.8) is 0 Å². The van der Waals surface area contributed by atoms with Crippen LogP contribution in [0.3, 0.4) is 0 Å². The molecule has 0 atom stereocenters. The zero-order valence-electron chi connectivity index (χ0n) is 10.1. The van der Waals surface area contributed by atoms with Gasteiger partial charge in [-0.15, -0.1) is 11.3 Å². The van der Waals surface area contributed by atoms with Gasteiger partial charge in [-0.2, -0.15) is 0 Å². The molecule has 0 aliphatic heterocycles. The highest BCUT2D eigenvalue weighted by molar-refractivity contribution is 7.92. The van der Waals surface area contributed by atoms with Gasteiger partial charge in [-0.25, -0.2) is 13.2 Å². The molecule has 18 heavy (non-hydrogen) atoms. The largest absolute Gasteiger partial charge is 0.465 e. The smallest absolute Gasteiger partial charge is 0.350 e. The molecule has 0 amide bonds. The first-order valence-electron chi connectivity index (χ1n) is 5.24. The van der Waals surface area contributed by atoms with E-state index in [1.54, 1.807) is 12.3 Å². The summed E-state index contributed by atoms with van der Waals surface area (Å²) in [6.45, 7) is 2.36. The summed E-state index contributed by atoms with van der Waals surface area (Å²) in [7, 11) is -2.27. The average molecular weight is 293 g/mol. The molecule has 0 aliphatic carbocycles. The minimum absolute atomic E-state index is 0.115. The van der Waals surface area contributed by atoms with E-state index < -0.39 is 16.0 Å². The molecule has 8 heteroatoms. The van der Waals surface area contributed by atoms with Gasteiger partial charge in [0, 0.05) is 6.61 Å². The molecular formula is C10H15NO5S2. The third-order valence-corrected chi connectivity index (χ3v) is 4.13. The van der Waals surface area contributed by atoms with Crippen LogP contribution in [0.4, 0.5) is 5.69 Å². The fourth-order valence-electron chi connectivity index (χ4n) is 1.17. The number of anilines is 1. The van der Waals surface area contributed by atoms with Gasteiger partial charge in [-0.05, 0) is 18.4 Å². The molecule has 6 nitrogen and oxygen atoms in total. The standard InChI is InChI=1S/C10H15NO5S2/c1-3-16-5-7-18(13,14)11-8-4-6-17-9(8)10(12)15-2/h4,6,11H,3,5,7H2,1-2H3. The second kappa shape index (κ2) is 6.72. The summed E-state index contributed by atoms with van der Waals surface area (Å²) >= 11 is 1.12.